The number of rotatable bonds is 5. The molecule has 0 bridgehead atoms. The lowest BCUT2D eigenvalue weighted by Crippen LogP contribution is -2.45. The van der Waals surface area contributed by atoms with Crippen molar-refractivity contribution in [3.63, 3.8) is 0 Å². The maximum Gasteiger partial charge on any atom is 0.338 e. The second kappa shape index (κ2) is 8.65. The number of benzene rings is 1. The van der Waals surface area contributed by atoms with Crippen LogP contribution < -0.4 is 10.6 Å². The van der Waals surface area contributed by atoms with Gasteiger partial charge in [0.15, 0.2) is 6.10 Å². The third kappa shape index (κ3) is 5.59. The van der Waals surface area contributed by atoms with Crippen molar-refractivity contribution >= 4 is 23.5 Å². The Morgan fingerprint density at radius 3 is 2.60 bits per heavy atom. The normalized spacial score (nSPS) is 21.1. The minimum Gasteiger partial charge on any atom is -0.449 e. The number of anilines is 1. The first-order valence-electron chi connectivity index (χ1n) is 8.76. The van der Waals surface area contributed by atoms with Gasteiger partial charge in [0, 0.05) is 18.7 Å². The highest BCUT2D eigenvalue weighted by atomic mass is 16.5. The Labute approximate surface area is 148 Å². The molecule has 1 aromatic carbocycles. The van der Waals surface area contributed by atoms with Crippen LogP contribution in [0.4, 0.5) is 5.69 Å². The zero-order valence-electron chi connectivity index (χ0n) is 15.0. The molecule has 0 saturated heterocycles. The smallest absolute Gasteiger partial charge is 0.338 e. The van der Waals surface area contributed by atoms with Crippen molar-refractivity contribution in [2.75, 3.05) is 5.32 Å². The molecule has 0 unspecified atom stereocenters. The topological polar surface area (TPSA) is 84.5 Å². The minimum atomic E-state index is -0.869. The number of hydrogen-bond acceptors (Lipinski definition) is 4. The minimum absolute atomic E-state index is 0.144. The van der Waals surface area contributed by atoms with E-state index in [9.17, 15) is 14.4 Å². The lowest BCUT2D eigenvalue weighted by Gasteiger charge is -2.30. The van der Waals surface area contributed by atoms with E-state index in [0.717, 1.165) is 19.3 Å². The van der Waals surface area contributed by atoms with Gasteiger partial charge in [0.1, 0.15) is 0 Å². The van der Waals surface area contributed by atoms with Gasteiger partial charge in [-0.15, -0.1) is 0 Å². The Bertz CT molecular complexity index is 644. The Hall–Kier alpha value is -2.37. The van der Waals surface area contributed by atoms with E-state index in [4.69, 9.17) is 4.74 Å². The third-order valence-corrected chi connectivity index (χ3v) is 4.51. The molecule has 0 spiro atoms. The van der Waals surface area contributed by atoms with Crippen LogP contribution in [0.25, 0.3) is 0 Å². The van der Waals surface area contributed by atoms with Crippen LogP contribution in [0, 0.1) is 5.92 Å². The van der Waals surface area contributed by atoms with E-state index >= 15 is 0 Å². The fourth-order valence-electron chi connectivity index (χ4n) is 3.04. The lowest BCUT2D eigenvalue weighted by molar-refractivity contribution is -0.130. The second-order valence-electron chi connectivity index (χ2n) is 6.69. The summed E-state index contributed by atoms with van der Waals surface area (Å²) in [6.45, 7) is 5.09. The van der Waals surface area contributed by atoms with Crippen molar-refractivity contribution in [2.45, 2.75) is 58.6 Å². The zero-order chi connectivity index (χ0) is 18.4. The van der Waals surface area contributed by atoms with Crippen molar-refractivity contribution < 1.29 is 19.1 Å². The van der Waals surface area contributed by atoms with Crippen LogP contribution in [-0.2, 0) is 14.3 Å². The van der Waals surface area contributed by atoms with Crippen LogP contribution in [0.5, 0.6) is 0 Å². The molecule has 1 aliphatic rings. The standard InChI is InChI=1S/C19H26N2O4/c1-12-7-4-5-10-17(12)21-18(23)13(2)25-19(24)15-8-6-9-16(11-15)20-14(3)22/h6,8-9,11-13,17H,4-5,7,10H2,1-3H3,(H,20,22)(H,21,23)/t12-,13-,17+/m1/s1. The van der Waals surface area contributed by atoms with Crippen LogP contribution in [0.1, 0.15) is 56.8 Å². The van der Waals surface area contributed by atoms with Gasteiger partial charge in [0.05, 0.1) is 5.56 Å². The van der Waals surface area contributed by atoms with Crippen LogP contribution >= 0.6 is 0 Å². The number of ether oxygens (including phenoxy) is 1. The van der Waals surface area contributed by atoms with Gasteiger partial charge in [-0.05, 0) is 43.9 Å². The van der Waals surface area contributed by atoms with Gasteiger partial charge in [0.2, 0.25) is 5.91 Å². The Balaban J connectivity index is 1.92. The summed E-state index contributed by atoms with van der Waals surface area (Å²) in [7, 11) is 0. The Morgan fingerprint density at radius 1 is 1.20 bits per heavy atom. The van der Waals surface area contributed by atoms with E-state index in [-0.39, 0.29) is 23.4 Å². The van der Waals surface area contributed by atoms with Gasteiger partial charge in [0.25, 0.3) is 5.91 Å². The summed E-state index contributed by atoms with van der Waals surface area (Å²) in [5.74, 6) is -0.647. The van der Waals surface area contributed by atoms with Crippen molar-refractivity contribution in [3.8, 4) is 0 Å². The molecular formula is C19H26N2O4. The molecule has 6 heteroatoms. The largest absolute Gasteiger partial charge is 0.449 e. The van der Waals surface area contributed by atoms with Gasteiger partial charge in [-0.1, -0.05) is 25.8 Å². The highest BCUT2D eigenvalue weighted by molar-refractivity contribution is 5.95. The Morgan fingerprint density at radius 2 is 1.92 bits per heavy atom. The first-order valence-corrected chi connectivity index (χ1v) is 8.76. The molecule has 1 saturated carbocycles. The number of hydrogen-bond donors (Lipinski definition) is 2. The first kappa shape index (κ1) is 19.0. The fourth-order valence-corrected chi connectivity index (χ4v) is 3.04. The van der Waals surface area contributed by atoms with Crippen LogP contribution in [0.15, 0.2) is 24.3 Å². The quantitative estimate of drug-likeness (QED) is 0.803. The number of nitrogens with one attached hydrogen (secondary N) is 2. The first-order chi connectivity index (χ1) is 11.9. The molecule has 3 atom stereocenters. The van der Waals surface area contributed by atoms with Crippen LogP contribution in [0.3, 0.4) is 0 Å². The zero-order valence-corrected chi connectivity index (χ0v) is 15.0. The van der Waals surface area contributed by atoms with Crippen LogP contribution in [-0.4, -0.2) is 29.9 Å². The molecule has 1 aliphatic carbocycles. The van der Waals surface area contributed by atoms with E-state index in [0.29, 0.717) is 11.6 Å². The average Bonchev–Trinajstić information content (AvgIpc) is 2.56. The van der Waals surface area contributed by atoms with Gasteiger partial charge in [-0.2, -0.15) is 0 Å². The highest BCUT2D eigenvalue weighted by Crippen LogP contribution is 2.23. The predicted octanol–water partition coefficient (Wildman–Crippen LogP) is 2.89. The summed E-state index contributed by atoms with van der Waals surface area (Å²) in [6.07, 6.45) is 3.51. The third-order valence-electron chi connectivity index (χ3n) is 4.51. The molecule has 0 aliphatic heterocycles. The molecule has 25 heavy (non-hydrogen) atoms. The van der Waals surface area contributed by atoms with E-state index in [1.807, 2.05) is 0 Å². The molecule has 136 valence electrons. The van der Waals surface area contributed by atoms with E-state index < -0.39 is 12.1 Å². The molecule has 0 radical (unpaired) electrons. The second-order valence-corrected chi connectivity index (χ2v) is 6.69. The molecule has 1 aromatic rings. The summed E-state index contributed by atoms with van der Waals surface area (Å²) in [4.78, 5) is 35.6. The summed E-state index contributed by atoms with van der Waals surface area (Å²) in [6, 6.07) is 6.58. The molecule has 1 fully saturated rings. The fraction of sp³-hybridized carbons (Fsp3) is 0.526. The summed E-state index contributed by atoms with van der Waals surface area (Å²) in [5.41, 5.74) is 0.798. The van der Waals surface area contributed by atoms with Gasteiger partial charge < -0.3 is 15.4 Å². The van der Waals surface area contributed by atoms with Crippen molar-refractivity contribution in [2.24, 2.45) is 5.92 Å². The molecule has 0 heterocycles. The monoisotopic (exact) mass is 346 g/mol. The average molecular weight is 346 g/mol. The van der Waals surface area contributed by atoms with Crippen molar-refractivity contribution in [3.05, 3.63) is 29.8 Å². The molecule has 6 nitrogen and oxygen atoms in total. The van der Waals surface area contributed by atoms with Crippen molar-refractivity contribution in [1.82, 2.24) is 5.32 Å². The molecular weight excluding hydrogens is 320 g/mol. The Kier molecular flexibility index (Phi) is 6.56. The lowest BCUT2D eigenvalue weighted by atomic mass is 9.86. The van der Waals surface area contributed by atoms with Crippen molar-refractivity contribution in [1.29, 1.82) is 0 Å². The van der Waals surface area contributed by atoms with Gasteiger partial charge >= 0.3 is 5.97 Å². The molecule has 2 N–H and O–H groups in total. The van der Waals surface area contributed by atoms with Gasteiger partial charge in [-0.25, -0.2) is 4.79 Å². The van der Waals surface area contributed by atoms with Crippen LogP contribution in [0.2, 0.25) is 0 Å². The number of amides is 2. The van der Waals surface area contributed by atoms with E-state index in [2.05, 4.69) is 17.6 Å². The molecule has 2 amide bonds. The number of carbonyl (C=O) groups is 3. The maximum atomic E-state index is 12.3. The molecule has 0 aromatic heterocycles. The number of esters is 1. The SMILES string of the molecule is CC(=O)Nc1cccc(C(=O)O[C@H](C)C(=O)N[C@H]2CCCC[C@H]2C)c1. The summed E-state index contributed by atoms with van der Waals surface area (Å²) in [5, 5.41) is 5.60. The predicted molar refractivity (Wildman–Crippen MR) is 95.2 cm³/mol. The highest BCUT2D eigenvalue weighted by Gasteiger charge is 2.26. The maximum absolute atomic E-state index is 12.3. The summed E-state index contributed by atoms with van der Waals surface area (Å²) >= 11 is 0. The van der Waals surface area contributed by atoms with E-state index in [1.165, 1.54) is 19.4 Å². The number of carbonyl (C=O) groups excluding carboxylic acids is 3. The molecule has 2 rings (SSSR count). The summed E-state index contributed by atoms with van der Waals surface area (Å²) < 4.78 is 5.27. The van der Waals surface area contributed by atoms with E-state index in [1.54, 1.807) is 25.1 Å². The van der Waals surface area contributed by atoms with Gasteiger partial charge in [-0.3, -0.25) is 9.59 Å².